The minimum absolute atomic E-state index is 0.103. The van der Waals surface area contributed by atoms with Crippen LogP contribution in [-0.2, 0) is 4.79 Å². The van der Waals surface area contributed by atoms with Crippen LogP contribution >= 0.6 is 15.9 Å². The Morgan fingerprint density at radius 1 is 1.15 bits per heavy atom. The maximum absolute atomic E-state index is 12.1. The first-order chi connectivity index (χ1) is 9.52. The fraction of sp³-hybridized carbons (Fsp3) is 0.400. The number of carbonyl (C=O) groups is 3. The number of hydrogen-bond donors (Lipinski definition) is 0. The van der Waals surface area contributed by atoms with E-state index in [0.29, 0.717) is 24.1 Å². The van der Waals surface area contributed by atoms with Gasteiger partial charge in [-0.1, -0.05) is 34.5 Å². The highest BCUT2D eigenvalue weighted by molar-refractivity contribution is 9.10. The lowest BCUT2D eigenvalue weighted by Crippen LogP contribution is -2.30. The van der Waals surface area contributed by atoms with E-state index in [4.69, 9.17) is 0 Å². The zero-order valence-corrected chi connectivity index (χ0v) is 12.9. The van der Waals surface area contributed by atoms with E-state index in [9.17, 15) is 14.4 Å². The van der Waals surface area contributed by atoms with Crippen molar-refractivity contribution in [3.63, 3.8) is 0 Å². The van der Waals surface area contributed by atoms with Crippen LogP contribution in [0.4, 0.5) is 0 Å². The molecule has 2 rings (SSSR count). The second kappa shape index (κ2) is 6.31. The summed E-state index contributed by atoms with van der Waals surface area (Å²) in [6, 6.07) is 6.88. The van der Waals surface area contributed by atoms with Gasteiger partial charge in [0.15, 0.2) is 0 Å². The van der Waals surface area contributed by atoms with Crippen LogP contribution in [0.15, 0.2) is 24.3 Å². The molecule has 20 heavy (non-hydrogen) atoms. The van der Waals surface area contributed by atoms with Gasteiger partial charge in [0.2, 0.25) is 0 Å². The monoisotopic (exact) mass is 337 g/mol. The Morgan fingerprint density at radius 3 is 2.20 bits per heavy atom. The molecule has 0 N–H and O–H groups in total. The molecule has 1 aliphatic heterocycles. The van der Waals surface area contributed by atoms with E-state index in [-0.39, 0.29) is 22.4 Å². The molecule has 106 valence electrons. The number of nitrogens with zero attached hydrogens (tertiary/aromatic N) is 1. The number of fused-ring (bicyclic) bond motifs is 1. The number of amides is 2. The molecule has 0 spiro atoms. The molecular formula is C15H16BrNO3. The highest BCUT2D eigenvalue weighted by Crippen LogP contribution is 2.23. The van der Waals surface area contributed by atoms with Gasteiger partial charge in [-0.3, -0.25) is 19.3 Å². The molecule has 0 bridgehead atoms. The van der Waals surface area contributed by atoms with Gasteiger partial charge in [0.1, 0.15) is 5.78 Å². The molecule has 0 saturated carbocycles. The summed E-state index contributed by atoms with van der Waals surface area (Å²) in [7, 11) is 0. The third-order valence-corrected chi connectivity index (χ3v) is 4.51. The number of benzene rings is 1. The lowest BCUT2D eigenvalue weighted by Gasteiger charge is -2.13. The Bertz CT molecular complexity index is 521. The fourth-order valence-corrected chi connectivity index (χ4v) is 2.56. The van der Waals surface area contributed by atoms with Crippen LogP contribution in [0.1, 0.15) is 46.9 Å². The molecule has 0 aromatic heterocycles. The number of unbranched alkanes of at least 4 members (excludes halogenated alkanes) is 1. The van der Waals surface area contributed by atoms with E-state index in [1.807, 2.05) is 0 Å². The zero-order valence-electron chi connectivity index (χ0n) is 11.3. The Hall–Kier alpha value is -1.49. The van der Waals surface area contributed by atoms with Gasteiger partial charge in [-0.15, -0.1) is 0 Å². The molecule has 4 nitrogen and oxygen atoms in total. The molecule has 1 heterocycles. The molecule has 0 radical (unpaired) electrons. The van der Waals surface area contributed by atoms with Gasteiger partial charge in [0, 0.05) is 6.54 Å². The second-order valence-electron chi connectivity index (χ2n) is 4.88. The van der Waals surface area contributed by atoms with Crippen molar-refractivity contribution in [3.05, 3.63) is 35.4 Å². The SMILES string of the molecule is CC(=O)C(Br)CCCCN1C(=O)c2ccccc2C1=O. The first-order valence-corrected chi connectivity index (χ1v) is 7.53. The zero-order chi connectivity index (χ0) is 14.7. The number of hydrogen-bond acceptors (Lipinski definition) is 3. The van der Waals surface area contributed by atoms with E-state index in [2.05, 4.69) is 15.9 Å². The summed E-state index contributed by atoms with van der Waals surface area (Å²) in [4.78, 5) is 36.4. The highest BCUT2D eigenvalue weighted by Gasteiger charge is 2.34. The van der Waals surface area contributed by atoms with Gasteiger partial charge < -0.3 is 0 Å². The third-order valence-electron chi connectivity index (χ3n) is 3.41. The minimum atomic E-state index is -0.215. The molecule has 5 heteroatoms. The number of carbonyl (C=O) groups excluding carboxylic acids is 3. The number of Topliss-reactive ketones (excluding diaryl/α,β-unsaturated/α-hetero) is 1. The van der Waals surface area contributed by atoms with Crippen LogP contribution in [0.25, 0.3) is 0 Å². The van der Waals surface area contributed by atoms with Gasteiger partial charge >= 0.3 is 0 Å². The van der Waals surface area contributed by atoms with Crippen LogP contribution < -0.4 is 0 Å². The first-order valence-electron chi connectivity index (χ1n) is 6.62. The summed E-state index contributed by atoms with van der Waals surface area (Å²) in [5.74, 6) is -0.328. The standard InChI is InChI=1S/C15H16BrNO3/c1-10(18)13(16)8-4-5-9-17-14(19)11-6-2-3-7-12(11)15(17)20/h2-3,6-7,13H,4-5,8-9H2,1H3. The first kappa shape index (κ1) is 14.9. The molecule has 2 amide bonds. The van der Waals surface area contributed by atoms with E-state index in [1.54, 1.807) is 31.2 Å². The Kier molecular flexibility index (Phi) is 4.70. The van der Waals surface area contributed by atoms with Crippen molar-refractivity contribution < 1.29 is 14.4 Å². The Balaban J connectivity index is 1.88. The number of rotatable bonds is 6. The van der Waals surface area contributed by atoms with Crippen LogP contribution in [0, 0.1) is 0 Å². The molecule has 1 unspecified atom stereocenters. The summed E-state index contributed by atoms with van der Waals surface area (Å²) >= 11 is 3.31. The summed E-state index contributed by atoms with van der Waals surface area (Å²) in [5.41, 5.74) is 0.971. The molecule has 1 aromatic carbocycles. The second-order valence-corrected chi connectivity index (χ2v) is 5.99. The molecular weight excluding hydrogens is 322 g/mol. The lowest BCUT2D eigenvalue weighted by atomic mass is 10.1. The largest absolute Gasteiger partial charge is 0.299 e. The van der Waals surface area contributed by atoms with Gasteiger partial charge in [0.25, 0.3) is 11.8 Å². The van der Waals surface area contributed by atoms with Crippen molar-refractivity contribution in [3.8, 4) is 0 Å². The molecule has 0 aliphatic carbocycles. The summed E-state index contributed by atoms with van der Waals surface area (Å²) in [6.45, 7) is 1.95. The predicted molar refractivity (Wildman–Crippen MR) is 79.1 cm³/mol. The number of imide groups is 1. The van der Waals surface area contributed by atoms with Crippen molar-refractivity contribution in [1.82, 2.24) is 4.90 Å². The van der Waals surface area contributed by atoms with E-state index < -0.39 is 0 Å². The highest BCUT2D eigenvalue weighted by atomic mass is 79.9. The molecule has 1 atom stereocenters. The number of halogens is 1. The minimum Gasteiger partial charge on any atom is -0.299 e. The smallest absolute Gasteiger partial charge is 0.261 e. The average molecular weight is 338 g/mol. The fourth-order valence-electron chi connectivity index (χ4n) is 2.24. The van der Waals surface area contributed by atoms with Gasteiger partial charge in [-0.2, -0.15) is 0 Å². The van der Waals surface area contributed by atoms with E-state index in [1.165, 1.54) is 4.90 Å². The van der Waals surface area contributed by atoms with Crippen molar-refractivity contribution in [1.29, 1.82) is 0 Å². The maximum Gasteiger partial charge on any atom is 0.261 e. The van der Waals surface area contributed by atoms with Crippen molar-refractivity contribution in [2.24, 2.45) is 0 Å². The number of alkyl halides is 1. The summed E-state index contributed by atoms with van der Waals surface area (Å²) in [6.07, 6.45) is 2.22. The van der Waals surface area contributed by atoms with Crippen LogP contribution in [0.3, 0.4) is 0 Å². The van der Waals surface area contributed by atoms with Crippen LogP contribution in [0.5, 0.6) is 0 Å². The summed E-state index contributed by atoms with van der Waals surface area (Å²) < 4.78 is 0. The molecule has 0 saturated heterocycles. The van der Waals surface area contributed by atoms with Crippen molar-refractivity contribution >= 4 is 33.5 Å². The maximum atomic E-state index is 12.1. The van der Waals surface area contributed by atoms with Crippen LogP contribution in [-0.4, -0.2) is 33.9 Å². The lowest BCUT2D eigenvalue weighted by molar-refractivity contribution is -0.116. The number of ketones is 1. The molecule has 1 aliphatic rings. The van der Waals surface area contributed by atoms with Gasteiger partial charge in [0.05, 0.1) is 16.0 Å². The van der Waals surface area contributed by atoms with E-state index in [0.717, 1.165) is 12.8 Å². The molecule has 1 aromatic rings. The van der Waals surface area contributed by atoms with Crippen molar-refractivity contribution in [2.45, 2.75) is 31.0 Å². The predicted octanol–water partition coefficient (Wildman–Crippen LogP) is 2.81. The Labute approximate surface area is 126 Å². The normalized spacial score (nSPS) is 15.4. The third kappa shape index (κ3) is 2.98. The van der Waals surface area contributed by atoms with Gasteiger partial charge in [-0.25, -0.2) is 0 Å². The van der Waals surface area contributed by atoms with Gasteiger partial charge in [-0.05, 0) is 31.9 Å². The topological polar surface area (TPSA) is 54.5 Å². The molecule has 0 fully saturated rings. The Morgan fingerprint density at radius 2 is 1.70 bits per heavy atom. The average Bonchev–Trinajstić information content (AvgIpc) is 2.68. The van der Waals surface area contributed by atoms with Crippen LogP contribution in [0.2, 0.25) is 0 Å². The quantitative estimate of drug-likeness (QED) is 0.455. The van der Waals surface area contributed by atoms with Crippen molar-refractivity contribution in [2.75, 3.05) is 6.54 Å². The van der Waals surface area contributed by atoms with E-state index >= 15 is 0 Å². The summed E-state index contributed by atoms with van der Waals surface area (Å²) in [5, 5.41) is 0.